The minimum absolute atomic E-state index is 0.224. The van der Waals surface area contributed by atoms with Crippen molar-refractivity contribution in [3.05, 3.63) is 91.0 Å². The number of H-pyrrole nitrogens is 1. The van der Waals surface area contributed by atoms with E-state index < -0.39 is 6.09 Å². The second kappa shape index (κ2) is 7.35. The van der Waals surface area contributed by atoms with Crippen molar-refractivity contribution in [2.24, 2.45) is 0 Å². The number of aromatic nitrogens is 5. The van der Waals surface area contributed by atoms with Crippen molar-refractivity contribution in [1.29, 1.82) is 0 Å². The van der Waals surface area contributed by atoms with Gasteiger partial charge in [-0.3, -0.25) is 4.90 Å². The molecule has 1 fully saturated rings. The zero-order valence-electron chi connectivity index (χ0n) is 16.9. The van der Waals surface area contributed by atoms with Crippen molar-refractivity contribution in [3.63, 3.8) is 0 Å². The molecule has 156 valence electrons. The Morgan fingerprint density at radius 2 is 1.81 bits per heavy atom. The Labute approximate surface area is 183 Å². The van der Waals surface area contributed by atoms with E-state index in [4.69, 9.17) is 9.72 Å². The Morgan fingerprint density at radius 3 is 2.59 bits per heavy atom. The average molecular weight is 422 g/mol. The van der Waals surface area contributed by atoms with Crippen molar-refractivity contribution in [1.82, 2.24) is 24.6 Å². The maximum atomic E-state index is 12.6. The number of aromatic amines is 1. The molecular weight excluding hydrogens is 404 g/mol. The van der Waals surface area contributed by atoms with Gasteiger partial charge in [0.2, 0.25) is 0 Å². The van der Waals surface area contributed by atoms with Gasteiger partial charge in [-0.2, -0.15) is 5.10 Å². The summed E-state index contributed by atoms with van der Waals surface area (Å²) >= 11 is 0. The molecule has 0 radical (unpaired) electrons. The molecule has 0 spiro atoms. The number of amides is 1. The number of rotatable bonds is 4. The van der Waals surface area contributed by atoms with Gasteiger partial charge in [0.05, 0.1) is 6.20 Å². The molecule has 8 nitrogen and oxygen atoms in total. The zero-order valence-corrected chi connectivity index (χ0v) is 16.9. The molecule has 1 N–H and O–H groups in total. The number of hydrogen-bond acceptors (Lipinski definition) is 5. The number of anilines is 1. The van der Waals surface area contributed by atoms with Gasteiger partial charge >= 0.3 is 6.09 Å². The highest BCUT2D eigenvalue weighted by atomic mass is 16.6. The fraction of sp³-hybridized carbons (Fsp3) is 0.0833. The standard InChI is InChI=1S/C24H18N6O2/c31-24-30(20(15-32-24)17-4-2-1-3-5-17)21-10-13-29-23(28-21)19(14-27-29)16-6-8-18(9-7-16)22-25-11-12-26-22/h1-14,20H,15H2,(H,25,26)/t20-/m1/s1. The van der Waals surface area contributed by atoms with Gasteiger partial charge in [0.1, 0.15) is 24.3 Å². The summed E-state index contributed by atoms with van der Waals surface area (Å²) in [4.78, 5) is 26.4. The minimum atomic E-state index is -0.403. The summed E-state index contributed by atoms with van der Waals surface area (Å²) in [6.07, 6.45) is 6.72. The SMILES string of the molecule is O=C1OC[C@H](c2ccccc2)N1c1ccn2ncc(-c3ccc(-c4ncc[nH]4)cc3)c2n1. The Morgan fingerprint density at radius 1 is 1.00 bits per heavy atom. The van der Waals surface area contributed by atoms with E-state index in [2.05, 4.69) is 15.1 Å². The molecule has 0 aliphatic carbocycles. The van der Waals surface area contributed by atoms with Crippen LogP contribution in [0.4, 0.5) is 10.6 Å². The Balaban J connectivity index is 1.39. The molecule has 5 aromatic rings. The molecule has 8 heteroatoms. The van der Waals surface area contributed by atoms with E-state index in [9.17, 15) is 4.79 Å². The lowest BCUT2D eigenvalue weighted by Gasteiger charge is -2.20. The van der Waals surface area contributed by atoms with Crippen LogP contribution in [-0.2, 0) is 4.74 Å². The number of carbonyl (C=O) groups excluding carboxylic acids is 1. The lowest BCUT2D eigenvalue weighted by Crippen LogP contribution is -2.28. The van der Waals surface area contributed by atoms with E-state index in [1.165, 1.54) is 0 Å². The Bertz CT molecular complexity index is 1390. The first-order chi connectivity index (χ1) is 15.8. The molecule has 2 aromatic carbocycles. The normalized spacial score (nSPS) is 15.9. The minimum Gasteiger partial charge on any atom is -0.447 e. The molecule has 1 saturated heterocycles. The van der Waals surface area contributed by atoms with Crippen LogP contribution >= 0.6 is 0 Å². The summed E-state index contributed by atoms with van der Waals surface area (Å²) in [5, 5.41) is 4.43. The van der Waals surface area contributed by atoms with Crippen LogP contribution in [0.5, 0.6) is 0 Å². The van der Waals surface area contributed by atoms with Gasteiger partial charge < -0.3 is 9.72 Å². The van der Waals surface area contributed by atoms with E-state index in [1.807, 2.05) is 60.8 Å². The van der Waals surface area contributed by atoms with Gasteiger partial charge in [0.25, 0.3) is 0 Å². The highest BCUT2D eigenvalue weighted by Gasteiger charge is 2.36. The molecule has 3 aromatic heterocycles. The Hall–Kier alpha value is -4.46. The second-order valence-electron chi connectivity index (χ2n) is 7.50. The fourth-order valence-corrected chi connectivity index (χ4v) is 4.02. The maximum absolute atomic E-state index is 12.6. The van der Waals surface area contributed by atoms with Gasteiger partial charge in [0.15, 0.2) is 5.65 Å². The van der Waals surface area contributed by atoms with Crippen molar-refractivity contribution in [3.8, 4) is 22.5 Å². The highest BCUT2D eigenvalue weighted by molar-refractivity contribution is 5.90. The topological polar surface area (TPSA) is 88.4 Å². The van der Waals surface area contributed by atoms with Crippen LogP contribution in [0.15, 0.2) is 85.5 Å². The molecular formula is C24H18N6O2. The lowest BCUT2D eigenvalue weighted by atomic mass is 10.1. The van der Waals surface area contributed by atoms with Crippen molar-refractivity contribution < 1.29 is 9.53 Å². The summed E-state index contributed by atoms with van der Waals surface area (Å²) in [7, 11) is 0. The summed E-state index contributed by atoms with van der Waals surface area (Å²) in [6.45, 7) is 0.288. The number of benzene rings is 2. The molecule has 1 aliphatic rings. The monoisotopic (exact) mass is 422 g/mol. The number of cyclic esters (lactones) is 1. The largest absolute Gasteiger partial charge is 0.447 e. The molecule has 6 rings (SSSR count). The first kappa shape index (κ1) is 18.3. The predicted octanol–water partition coefficient (Wildman–Crippen LogP) is 4.48. The van der Waals surface area contributed by atoms with Gasteiger partial charge in [-0.1, -0.05) is 54.6 Å². The first-order valence-electron chi connectivity index (χ1n) is 10.2. The third-order valence-electron chi connectivity index (χ3n) is 5.63. The van der Waals surface area contributed by atoms with Crippen LogP contribution in [0.3, 0.4) is 0 Å². The number of ether oxygens (including phenoxy) is 1. The second-order valence-corrected chi connectivity index (χ2v) is 7.50. The van der Waals surface area contributed by atoms with Crippen molar-refractivity contribution >= 4 is 17.6 Å². The van der Waals surface area contributed by atoms with Crippen molar-refractivity contribution in [2.45, 2.75) is 6.04 Å². The molecule has 1 aliphatic heterocycles. The smallest absolute Gasteiger partial charge is 0.416 e. The fourth-order valence-electron chi connectivity index (χ4n) is 4.02. The number of hydrogen-bond donors (Lipinski definition) is 1. The van der Waals surface area contributed by atoms with E-state index in [-0.39, 0.29) is 12.6 Å². The summed E-state index contributed by atoms with van der Waals surface area (Å²) in [5.41, 5.74) is 4.52. The third kappa shape index (κ3) is 3.01. The predicted molar refractivity (Wildman–Crippen MR) is 119 cm³/mol. The maximum Gasteiger partial charge on any atom is 0.416 e. The van der Waals surface area contributed by atoms with Gasteiger partial charge in [-0.05, 0) is 17.2 Å². The van der Waals surface area contributed by atoms with Crippen LogP contribution in [0, 0.1) is 0 Å². The van der Waals surface area contributed by atoms with Crippen LogP contribution < -0.4 is 4.90 Å². The number of fused-ring (bicyclic) bond motifs is 1. The van der Waals surface area contributed by atoms with Crippen LogP contribution in [0.1, 0.15) is 11.6 Å². The van der Waals surface area contributed by atoms with E-state index in [0.29, 0.717) is 11.5 Å². The zero-order chi connectivity index (χ0) is 21.5. The Kier molecular flexibility index (Phi) is 4.21. The highest BCUT2D eigenvalue weighted by Crippen LogP contribution is 2.33. The number of nitrogens with one attached hydrogen (secondary N) is 1. The summed E-state index contributed by atoms with van der Waals surface area (Å²) in [6, 6.07) is 19.4. The molecule has 0 bridgehead atoms. The summed E-state index contributed by atoms with van der Waals surface area (Å²) in [5.74, 6) is 1.35. The number of carbonyl (C=O) groups is 1. The van der Waals surface area contributed by atoms with E-state index >= 15 is 0 Å². The average Bonchev–Trinajstić information content (AvgIpc) is 3.59. The number of nitrogens with zero attached hydrogens (tertiary/aromatic N) is 5. The summed E-state index contributed by atoms with van der Waals surface area (Å²) < 4.78 is 7.07. The quantitative estimate of drug-likeness (QED) is 0.461. The van der Waals surface area contributed by atoms with Crippen LogP contribution in [0.25, 0.3) is 28.2 Å². The number of imidazole rings is 1. The van der Waals surface area contributed by atoms with E-state index in [0.717, 1.165) is 28.1 Å². The molecule has 1 amide bonds. The molecule has 0 unspecified atom stereocenters. The van der Waals surface area contributed by atoms with Crippen LogP contribution in [-0.4, -0.2) is 37.3 Å². The van der Waals surface area contributed by atoms with E-state index in [1.54, 1.807) is 34.1 Å². The first-order valence-corrected chi connectivity index (χ1v) is 10.2. The molecule has 4 heterocycles. The molecule has 1 atom stereocenters. The van der Waals surface area contributed by atoms with Gasteiger partial charge in [-0.15, -0.1) is 0 Å². The molecule has 0 saturated carbocycles. The lowest BCUT2D eigenvalue weighted by molar-refractivity contribution is 0.179. The van der Waals surface area contributed by atoms with Crippen LogP contribution in [0.2, 0.25) is 0 Å². The van der Waals surface area contributed by atoms with Gasteiger partial charge in [0, 0.05) is 29.7 Å². The van der Waals surface area contributed by atoms with Gasteiger partial charge in [-0.25, -0.2) is 19.3 Å². The molecule has 32 heavy (non-hydrogen) atoms. The van der Waals surface area contributed by atoms with Crippen molar-refractivity contribution in [2.75, 3.05) is 11.5 Å². The third-order valence-corrected chi connectivity index (χ3v) is 5.63.